The highest BCUT2D eigenvalue weighted by Gasteiger charge is 2.35. The van der Waals surface area contributed by atoms with E-state index in [2.05, 4.69) is 39.9 Å². The molecule has 0 radical (unpaired) electrons. The van der Waals surface area contributed by atoms with Crippen molar-refractivity contribution < 1.29 is 0 Å². The van der Waals surface area contributed by atoms with Gasteiger partial charge in [-0.1, -0.05) is 41.0 Å². The van der Waals surface area contributed by atoms with Crippen LogP contribution in [-0.4, -0.2) is 12.7 Å². The fourth-order valence-electron chi connectivity index (χ4n) is 3.74. The van der Waals surface area contributed by atoms with E-state index < -0.39 is 0 Å². The third-order valence-electron chi connectivity index (χ3n) is 5.33. The van der Waals surface area contributed by atoms with Gasteiger partial charge in [0.2, 0.25) is 0 Å². The van der Waals surface area contributed by atoms with Gasteiger partial charge in [-0.25, -0.2) is 0 Å². The topological polar surface area (TPSA) is 38.0 Å². The SMILES string of the molecule is CCNC(N)C1CCC(C)(CC)CCC1CC(C)C. The summed E-state index contributed by atoms with van der Waals surface area (Å²) in [4.78, 5) is 0. The van der Waals surface area contributed by atoms with Gasteiger partial charge in [0.1, 0.15) is 0 Å². The first-order valence-electron chi connectivity index (χ1n) is 8.40. The predicted molar refractivity (Wildman–Crippen MR) is 85.0 cm³/mol. The smallest absolute Gasteiger partial charge is 0.0577 e. The molecule has 2 nitrogen and oxygen atoms in total. The Morgan fingerprint density at radius 1 is 1.21 bits per heavy atom. The van der Waals surface area contributed by atoms with Crippen LogP contribution < -0.4 is 11.1 Å². The summed E-state index contributed by atoms with van der Waals surface area (Å²) in [5, 5.41) is 3.47. The summed E-state index contributed by atoms with van der Waals surface area (Å²) >= 11 is 0. The van der Waals surface area contributed by atoms with Gasteiger partial charge in [0.05, 0.1) is 6.17 Å². The third kappa shape index (κ3) is 5.07. The molecule has 4 unspecified atom stereocenters. The van der Waals surface area contributed by atoms with E-state index in [4.69, 9.17) is 5.73 Å². The molecule has 1 aliphatic rings. The van der Waals surface area contributed by atoms with Gasteiger partial charge in [-0.2, -0.15) is 0 Å². The fourth-order valence-corrected chi connectivity index (χ4v) is 3.74. The van der Waals surface area contributed by atoms with Crippen molar-refractivity contribution >= 4 is 0 Å². The minimum atomic E-state index is 0.188. The minimum Gasteiger partial charge on any atom is -0.316 e. The average Bonchev–Trinajstić information content (AvgIpc) is 2.50. The van der Waals surface area contributed by atoms with Crippen LogP contribution in [0.2, 0.25) is 0 Å². The molecule has 1 rings (SSSR count). The lowest BCUT2D eigenvalue weighted by Crippen LogP contribution is -2.46. The summed E-state index contributed by atoms with van der Waals surface area (Å²) in [7, 11) is 0. The molecule has 0 bridgehead atoms. The molecule has 0 aliphatic heterocycles. The van der Waals surface area contributed by atoms with Gasteiger partial charge in [-0.3, -0.25) is 0 Å². The predicted octanol–water partition coefficient (Wildman–Crippen LogP) is 4.15. The lowest BCUT2D eigenvalue weighted by molar-refractivity contribution is 0.209. The summed E-state index contributed by atoms with van der Waals surface area (Å²) in [5.74, 6) is 2.26. The molecule has 0 heterocycles. The van der Waals surface area contributed by atoms with Gasteiger partial charge in [0.25, 0.3) is 0 Å². The Hall–Kier alpha value is -0.0800. The van der Waals surface area contributed by atoms with Crippen molar-refractivity contribution in [2.24, 2.45) is 28.9 Å². The van der Waals surface area contributed by atoms with E-state index in [1.165, 1.54) is 38.5 Å². The van der Waals surface area contributed by atoms with Crippen LogP contribution in [0.25, 0.3) is 0 Å². The second kappa shape index (κ2) is 7.64. The summed E-state index contributed by atoms with van der Waals surface area (Å²) in [6.45, 7) is 12.7. The van der Waals surface area contributed by atoms with Crippen LogP contribution >= 0.6 is 0 Å². The zero-order valence-corrected chi connectivity index (χ0v) is 13.8. The lowest BCUT2D eigenvalue weighted by Gasteiger charge is -2.31. The van der Waals surface area contributed by atoms with E-state index in [9.17, 15) is 0 Å². The Morgan fingerprint density at radius 2 is 1.84 bits per heavy atom. The minimum absolute atomic E-state index is 0.188. The van der Waals surface area contributed by atoms with Gasteiger partial charge < -0.3 is 11.1 Å². The molecule has 0 aromatic carbocycles. The van der Waals surface area contributed by atoms with Crippen molar-refractivity contribution in [2.45, 2.75) is 79.3 Å². The average molecular weight is 268 g/mol. The van der Waals surface area contributed by atoms with Crippen molar-refractivity contribution in [3.05, 3.63) is 0 Å². The van der Waals surface area contributed by atoms with Crippen molar-refractivity contribution in [3.63, 3.8) is 0 Å². The molecule has 0 saturated heterocycles. The summed E-state index contributed by atoms with van der Waals surface area (Å²) in [6, 6.07) is 0. The van der Waals surface area contributed by atoms with Crippen molar-refractivity contribution in [1.82, 2.24) is 5.32 Å². The van der Waals surface area contributed by atoms with Crippen molar-refractivity contribution in [2.75, 3.05) is 6.54 Å². The van der Waals surface area contributed by atoms with Crippen LogP contribution in [0.5, 0.6) is 0 Å². The molecule has 1 aliphatic carbocycles. The van der Waals surface area contributed by atoms with Crippen LogP contribution in [0, 0.1) is 23.2 Å². The number of nitrogens with one attached hydrogen (secondary N) is 1. The number of nitrogens with two attached hydrogens (primary N) is 1. The molecule has 1 fully saturated rings. The van der Waals surface area contributed by atoms with E-state index in [0.717, 1.165) is 18.4 Å². The van der Waals surface area contributed by atoms with E-state index >= 15 is 0 Å². The molecule has 0 spiro atoms. The Bertz CT molecular complexity index is 252. The van der Waals surface area contributed by atoms with Crippen molar-refractivity contribution in [3.8, 4) is 0 Å². The molecule has 0 amide bonds. The first-order chi connectivity index (χ1) is 8.91. The number of hydrogen-bond donors (Lipinski definition) is 2. The van der Waals surface area contributed by atoms with Crippen LogP contribution in [-0.2, 0) is 0 Å². The van der Waals surface area contributed by atoms with Gasteiger partial charge in [0, 0.05) is 0 Å². The number of rotatable bonds is 6. The molecular weight excluding hydrogens is 232 g/mol. The normalized spacial score (nSPS) is 34.3. The molecule has 114 valence electrons. The van der Waals surface area contributed by atoms with Crippen molar-refractivity contribution in [1.29, 1.82) is 0 Å². The Balaban J connectivity index is 2.76. The summed E-state index contributed by atoms with van der Waals surface area (Å²) < 4.78 is 0. The molecule has 0 aromatic heterocycles. The molecule has 2 heteroatoms. The second-order valence-corrected chi connectivity index (χ2v) is 7.38. The van der Waals surface area contributed by atoms with E-state index in [1.807, 2.05) is 0 Å². The standard InChI is InChI=1S/C17H36N2/c1-6-17(5)10-8-14(12-13(3)4)15(9-11-17)16(18)19-7-2/h13-16,19H,6-12,18H2,1-5H3. The second-order valence-electron chi connectivity index (χ2n) is 7.38. The van der Waals surface area contributed by atoms with Crippen LogP contribution in [0.1, 0.15) is 73.1 Å². The van der Waals surface area contributed by atoms with Crippen LogP contribution in [0.15, 0.2) is 0 Å². The maximum Gasteiger partial charge on any atom is 0.0577 e. The summed E-state index contributed by atoms with van der Waals surface area (Å²) in [6.07, 6.45) is 8.24. The number of hydrogen-bond acceptors (Lipinski definition) is 2. The van der Waals surface area contributed by atoms with Gasteiger partial charge in [-0.05, 0) is 61.8 Å². The zero-order valence-electron chi connectivity index (χ0n) is 13.8. The molecule has 3 N–H and O–H groups in total. The summed E-state index contributed by atoms with van der Waals surface area (Å²) in [5.41, 5.74) is 6.96. The first kappa shape index (κ1) is 17.0. The monoisotopic (exact) mass is 268 g/mol. The zero-order chi connectivity index (χ0) is 14.5. The Morgan fingerprint density at radius 3 is 2.37 bits per heavy atom. The quantitative estimate of drug-likeness (QED) is 0.561. The molecule has 0 aromatic rings. The lowest BCUT2D eigenvalue weighted by atomic mass is 9.79. The maximum atomic E-state index is 6.41. The van der Waals surface area contributed by atoms with E-state index in [1.54, 1.807) is 0 Å². The third-order valence-corrected chi connectivity index (χ3v) is 5.33. The van der Waals surface area contributed by atoms with Gasteiger partial charge in [0.15, 0.2) is 0 Å². The van der Waals surface area contributed by atoms with Crippen LogP contribution in [0.4, 0.5) is 0 Å². The van der Waals surface area contributed by atoms with Gasteiger partial charge >= 0.3 is 0 Å². The highest BCUT2D eigenvalue weighted by Crippen LogP contribution is 2.43. The van der Waals surface area contributed by atoms with Gasteiger partial charge in [-0.15, -0.1) is 0 Å². The fraction of sp³-hybridized carbons (Fsp3) is 1.00. The molecule has 1 saturated carbocycles. The van der Waals surface area contributed by atoms with Crippen LogP contribution in [0.3, 0.4) is 0 Å². The van der Waals surface area contributed by atoms with E-state index in [0.29, 0.717) is 11.3 Å². The first-order valence-corrected chi connectivity index (χ1v) is 8.40. The Labute approximate surface area is 120 Å². The molecule has 19 heavy (non-hydrogen) atoms. The molecular formula is C17H36N2. The maximum absolute atomic E-state index is 6.41. The molecule has 4 atom stereocenters. The largest absolute Gasteiger partial charge is 0.316 e. The van der Waals surface area contributed by atoms with E-state index in [-0.39, 0.29) is 6.17 Å². The highest BCUT2D eigenvalue weighted by molar-refractivity contribution is 4.87. The highest BCUT2D eigenvalue weighted by atomic mass is 15.0. The Kier molecular flexibility index (Phi) is 6.82.